The summed E-state index contributed by atoms with van der Waals surface area (Å²) in [6.45, 7) is 2.85. The summed E-state index contributed by atoms with van der Waals surface area (Å²) in [6, 6.07) is 6.71. The molecule has 1 saturated carbocycles. The first-order valence-electron chi connectivity index (χ1n) is 8.84. The van der Waals surface area contributed by atoms with Gasteiger partial charge >= 0.3 is 0 Å². The first-order chi connectivity index (χ1) is 12.6. The molecule has 2 amide bonds. The van der Waals surface area contributed by atoms with Crippen LogP contribution in [0.4, 0.5) is 5.69 Å². The lowest BCUT2D eigenvalue weighted by Crippen LogP contribution is -2.19. The normalized spacial score (nSPS) is 14.5. The van der Waals surface area contributed by atoms with Crippen molar-refractivity contribution in [1.82, 2.24) is 14.8 Å². The van der Waals surface area contributed by atoms with Gasteiger partial charge < -0.3 is 15.6 Å². The number of thioether (sulfide) groups is 1. The highest BCUT2D eigenvalue weighted by Gasteiger charge is 2.24. The Morgan fingerprint density at radius 3 is 2.69 bits per heavy atom. The van der Waals surface area contributed by atoms with Crippen molar-refractivity contribution in [2.24, 2.45) is 5.73 Å². The van der Waals surface area contributed by atoms with Crippen molar-refractivity contribution in [3.8, 4) is 0 Å². The summed E-state index contributed by atoms with van der Waals surface area (Å²) in [6.07, 6.45) is 4.80. The molecule has 0 atom stereocenters. The van der Waals surface area contributed by atoms with Crippen LogP contribution in [0.1, 0.15) is 54.7 Å². The van der Waals surface area contributed by atoms with E-state index in [9.17, 15) is 9.59 Å². The number of primary amides is 1. The third-order valence-electron chi connectivity index (χ3n) is 4.58. The van der Waals surface area contributed by atoms with E-state index in [-0.39, 0.29) is 11.7 Å². The molecule has 7 nitrogen and oxygen atoms in total. The molecule has 1 aliphatic carbocycles. The SMILES string of the molecule is CCn1c(SCC(=O)Nc2ccccc2C(N)=O)nnc1C1CCCC1. The lowest BCUT2D eigenvalue weighted by Gasteiger charge is -2.12. The highest BCUT2D eigenvalue weighted by molar-refractivity contribution is 7.99. The van der Waals surface area contributed by atoms with Gasteiger partial charge in [-0.1, -0.05) is 36.7 Å². The van der Waals surface area contributed by atoms with E-state index < -0.39 is 5.91 Å². The molecule has 3 N–H and O–H groups in total. The van der Waals surface area contributed by atoms with E-state index >= 15 is 0 Å². The van der Waals surface area contributed by atoms with E-state index in [1.165, 1.54) is 24.6 Å². The zero-order valence-corrected chi connectivity index (χ0v) is 15.6. The summed E-state index contributed by atoms with van der Waals surface area (Å²) >= 11 is 1.35. The molecule has 1 aromatic heterocycles. The van der Waals surface area contributed by atoms with Gasteiger partial charge in [0.2, 0.25) is 5.91 Å². The first-order valence-corrected chi connectivity index (χ1v) is 9.83. The number of anilines is 1. The lowest BCUT2D eigenvalue weighted by atomic mass is 10.1. The molecular weight excluding hydrogens is 350 g/mol. The summed E-state index contributed by atoms with van der Waals surface area (Å²) in [4.78, 5) is 23.7. The highest BCUT2D eigenvalue weighted by Crippen LogP contribution is 2.34. The van der Waals surface area contributed by atoms with Crippen LogP contribution in [0, 0.1) is 0 Å². The standard InChI is InChI=1S/C18H23N5O2S/c1-2-23-17(12-7-3-4-8-12)21-22-18(23)26-11-15(24)20-14-10-6-5-9-13(14)16(19)25/h5-6,9-10,12H,2-4,7-8,11H2,1H3,(H2,19,25)(H,20,24). The van der Waals surface area contributed by atoms with Crippen molar-refractivity contribution >= 4 is 29.3 Å². The zero-order valence-electron chi connectivity index (χ0n) is 14.8. The second-order valence-electron chi connectivity index (χ2n) is 6.31. The lowest BCUT2D eigenvalue weighted by molar-refractivity contribution is -0.113. The number of para-hydroxylation sites is 1. The molecular formula is C18H23N5O2S. The smallest absolute Gasteiger partial charge is 0.250 e. The Kier molecular flexibility index (Phi) is 5.92. The van der Waals surface area contributed by atoms with Crippen molar-refractivity contribution in [2.45, 2.75) is 50.2 Å². The van der Waals surface area contributed by atoms with Crippen LogP contribution in [-0.4, -0.2) is 32.3 Å². The molecule has 0 aliphatic heterocycles. The van der Waals surface area contributed by atoms with Crippen LogP contribution in [0.25, 0.3) is 0 Å². The van der Waals surface area contributed by atoms with Crippen LogP contribution in [-0.2, 0) is 11.3 Å². The van der Waals surface area contributed by atoms with E-state index in [1.807, 2.05) is 0 Å². The molecule has 1 aromatic carbocycles. The number of carbonyl (C=O) groups is 2. The molecule has 8 heteroatoms. The molecule has 2 aromatic rings. The van der Waals surface area contributed by atoms with Crippen molar-refractivity contribution < 1.29 is 9.59 Å². The molecule has 1 aliphatic rings. The number of hydrogen-bond acceptors (Lipinski definition) is 5. The Morgan fingerprint density at radius 1 is 1.27 bits per heavy atom. The van der Waals surface area contributed by atoms with E-state index in [1.54, 1.807) is 24.3 Å². The van der Waals surface area contributed by atoms with Gasteiger partial charge in [0.1, 0.15) is 5.82 Å². The van der Waals surface area contributed by atoms with Crippen LogP contribution in [0.15, 0.2) is 29.4 Å². The Morgan fingerprint density at radius 2 is 2.00 bits per heavy atom. The van der Waals surface area contributed by atoms with Gasteiger partial charge in [-0.3, -0.25) is 9.59 Å². The molecule has 0 spiro atoms. The topological polar surface area (TPSA) is 103 Å². The van der Waals surface area contributed by atoms with E-state index in [2.05, 4.69) is 27.0 Å². The quantitative estimate of drug-likeness (QED) is 0.727. The van der Waals surface area contributed by atoms with Crippen molar-refractivity contribution in [1.29, 1.82) is 0 Å². The average Bonchev–Trinajstić information content (AvgIpc) is 3.29. The fraction of sp³-hybridized carbons (Fsp3) is 0.444. The molecule has 0 saturated heterocycles. The minimum absolute atomic E-state index is 0.190. The van der Waals surface area contributed by atoms with Crippen LogP contribution in [0.5, 0.6) is 0 Å². The molecule has 26 heavy (non-hydrogen) atoms. The number of nitrogens with zero attached hydrogens (tertiary/aromatic N) is 3. The predicted octanol–water partition coefficient (Wildman–Crippen LogP) is 2.79. The van der Waals surface area contributed by atoms with Crippen LogP contribution in [0.2, 0.25) is 0 Å². The first kappa shape index (κ1) is 18.4. The monoisotopic (exact) mass is 373 g/mol. The number of benzene rings is 1. The van der Waals surface area contributed by atoms with Gasteiger partial charge in [0.05, 0.1) is 17.0 Å². The van der Waals surface area contributed by atoms with Gasteiger partial charge in [-0.05, 0) is 31.9 Å². The van der Waals surface area contributed by atoms with E-state index in [4.69, 9.17) is 5.73 Å². The zero-order chi connectivity index (χ0) is 18.5. The number of carbonyl (C=O) groups excluding carboxylic acids is 2. The van der Waals surface area contributed by atoms with E-state index in [0.717, 1.165) is 30.4 Å². The number of aromatic nitrogens is 3. The van der Waals surface area contributed by atoms with Gasteiger partial charge in [-0.25, -0.2) is 0 Å². The maximum absolute atomic E-state index is 12.3. The largest absolute Gasteiger partial charge is 0.366 e. The summed E-state index contributed by atoms with van der Waals surface area (Å²) in [7, 11) is 0. The van der Waals surface area contributed by atoms with Crippen molar-refractivity contribution in [2.75, 3.05) is 11.1 Å². The third kappa shape index (κ3) is 4.07. The maximum Gasteiger partial charge on any atom is 0.250 e. The van der Waals surface area contributed by atoms with Gasteiger partial charge in [0.15, 0.2) is 5.16 Å². The molecule has 3 rings (SSSR count). The number of rotatable bonds is 7. The summed E-state index contributed by atoms with van der Waals surface area (Å²) < 4.78 is 2.10. The minimum atomic E-state index is -0.569. The van der Waals surface area contributed by atoms with Gasteiger partial charge in [0, 0.05) is 12.5 Å². The Hall–Kier alpha value is -2.35. The molecule has 0 unspecified atom stereocenters. The molecule has 1 heterocycles. The molecule has 0 bridgehead atoms. The van der Waals surface area contributed by atoms with Crippen molar-refractivity contribution in [3.05, 3.63) is 35.7 Å². The number of nitrogens with one attached hydrogen (secondary N) is 1. The average molecular weight is 373 g/mol. The highest BCUT2D eigenvalue weighted by atomic mass is 32.2. The third-order valence-corrected chi connectivity index (χ3v) is 5.55. The van der Waals surface area contributed by atoms with Crippen LogP contribution >= 0.6 is 11.8 Å². The van der Waals surface area contributed by atoms with Crippen LogP contribution in [0.3, 0.4) is 0 Å². The second-order valence-corrected chi connectivity index (χ2v) is 7.26. The van der Waals surface area contributed by atoms with Gasteiger partial charge in [-0.15, -0.1) is 10.2 Å². The summed E-state index contributed by atoms with van der Waals surface area (Å²) in [5, 5.41) is 12.1. The summed E-state index contributed by atoms with van der Waals surface area (Å²) in [5.74, 6) is 0.924. The predicted molar refractivity (Wildman–Crippen MR) is 101 cm³/mol. The number of hydrogen-bond donors (Lipinski definition) is 2. The summed E-state index contributed by atoms with van der Waals surface area (Å²) in [5.41, 5.74) is 6.06. The molecule has 138 valence electrons. The Balaban J connectivity index is 1.64. The fourth-order valence-corrected chi connectivity index (χ4v) is 4.12. The van der Waals surface area contributed by atoms with Crippen molar-refractivity contribution in [3.63, 3.8) is 0 Å². The second kappa shape index (κ2) is 8.35. The fourth-order valence-electron chi connectivity index (χ4n) is 3.31. The minimum Gasteiger partial charge on any atom is -0.366 e. The van der Waals surface area contributed by atoms with Crippen LogP contribution < -0.4 is 11.1 Å². The molecule has 1 fully saturated rings. The molecule has 0 radical (unpaired) electrons. The number of nitrogens with two attached hydrogens (primary N) is 1. The van der Waals surface area contributed by atoms with Gasteiger partial charge in [0.25, 0.3) is 5.91 Å². The number of amides is 2. The maximum atomic E-state index is 12.3. The Labute approximate surface area is 156 Å². The van der Waals surface area contributed by atoms with Gasteiger partial charge in [-0.2, -0.15) is 0 Å². The van der Waals surface area contributed by atoms with E-state index in [0.29, 0.717) is 17.2 Å². The Bertz CT molecular complexity index is 799.